The summed E-state index contributed by atoms with van der Waals surface area (Å²) in [5, 5.41) is 5.04. The summed E-state index contributed by atoms with van der Waals surface area (Å²) in [6, 6.07) is 3.87. The van der Waals surface area contributed by atoms with Crippen LogP contribution < -0.4 is 10.5 Å². The van der Waals surface area contributed by atoms with Crippen molar-refractivity contribution in [3.63, 3.8) is 0 Å². The highest BCUT2D eigenvalue weighted by Crippen LogP contribution is 2.31. The maximum Gasteiger partial charge on any atom is 0.258 e. The van der Waals surface area contributed by atoms with Gasteiger partial charge in [0.15, 0.2) is 5.82 Å². The van der Waals surface area contributed by atoms with Crippen LogP contribution in [0.1, 0.15) is 37.8 Å². The number of hydrogen-bond donors (Lipinski definition) is 1. The summed E-state index contributed by atoms with van der Waals surface area (Å²) in [5.41, 5.74) is 1.90. The predicted molar refractivity (Wildman–Crippen MR) is 96.9 cm³/mol. The smallest absolute Gasteiger partial charge is 0.258 e. The van der Waals surface area contributed by atoms with Gasteiger partial charge in [-0.25, -0.2) is 9.97 Å². The first-order valence-corrected chi connectivity index (χ1v) is 8.87. The molecule has 0 spiro atoms. The zero-order chi connectivity index (χ0) is 17.2. The zero-order valence-corrected chi connectivity index (χ0v) is 14.4. The molecule has 0 saturated carbocycles. The molecule has 1 aliphatic rings. The minimum absolute atomic E-state index is 0.119. The fourth-order valence-corrected chi connectivity index (χ4v) is 3.69. The summed E-state index contributed by atoms with van der Waals surface area (Å²) < 4.78 is 2.14. The van der Waals surface area contributed by atoms with Gasteiger partial charge in [-0.1, -0.05) is 6.92 Å². The standard InChI is InChI=1S/C18H22N6O/c1-2-9-24-15(4-8-22-24)13-5-10-23(11-6-13)17-16-14(3-7-19-17)18(25)21-12-20-16/h3-4,7-8,12-13H,2,5-6,9-11H2,1H3,(H,20,21,25). The monoisotopic (exact) mass is 338 g/mol. The van der Waals surface area contributed by atoms with Gasteiger partial charge in [-0.3, -0.25) is 9.48 Å². The van der Waals surface area contributed by atoms with Crippen molar-refractivity contribution >= 4 is 16.7 Å². The molecule has 0 unspecified atom stereocenters. The number of piperidine rings is 1. The lowest BCUT2D eigenvalue weighted by molar-refractivity contribution is 0.457. The van der Waals surface area contributed by atoms with Gasteiger partial charge in [0.05, 0.1) is 11.7 Å². The van der Waals surface area contributed by atoms with Gasteiger partial charge >= 0.3 is 0 Å². The quantitative estimate of drug-likeness (QED) is 0.789. The molecule has 25 heavy (non-hydrogen) atoms. The molecule has 7 nitrogen and oxygen atoms in total. The van der Waals surface area contributed by atoms with E-state index in [9.17, 15) is 4.79 Å². The molecule has 0 atom stereocenters. The summed E-state index contributed by atoms with van der Waals surface area (Å²) in [6.45, 7) is 4.96. The molecule has 0 bridgehead atoms. The van der Waals surface area contributed by atoms with Crippen LogP contribution >= 0.6 is 0 Å². The van der Waals surface area contributed by atoms with Gasteiger partial charge in [0.2, 0.25) is 0 Å². The van der Waals surface area contributed by atoms with Crippen molar-refractivity contribution in [1.82, 2.24) is 24.7 Å². The van der Waals surface area contributed by atoms with Crippen molar-refractivity contribution in [1.29, 1.82) is 0 Å². The fourth-order valence-electron chi connectivity index (χ4n) is 3.69. The Labute approximate surface area is 145 Å². The van der Waals surface area contributed by atoms with Crippen molar-refractivity contribution in [2.45, 2.75) is 38.6 Å². The van der Waals surface area contributed by atoms with Crippen molar-refractivity contribution < 1.29 is 0 Å². The Kier molecular flexibility index (Phi) is 4.21. The van der Waals surface area contributed by atoms with Gasteiger partial charge in [0.1, 0.15) is 5.52 Å². The van der Waals surface area contributed by atoms with E-state index in [1.165, 1.54) is 12.0 Å². The highest BCUT2D eigenvalue weighted by Gasteiger charge is 2.25. The first kappa shape index (κ1) is 15.8. The number of anilines is 1. The Balaban J connectivity index is 1.56. The van der Waals surface area contributed by atoms with E-state index >= 15 is 0 Å². The number of aromatic nitrogens is 5. The van der Waals surface area contributed by atoms with Crippen LogP contribution in [0.2, 0.25) is 0 Å². The van der Waals surface area contributed by atoms with Crippen LogP contribution in [-0.2, 0) is 6.54 Å². The van der Waals surface area contributed by atoms with Crippen LogP contribution in [0.15, 0.2) is 35.6 Å². The molecule has 130 valence electrons. The minimum atomic E-state index is -0.119. The van der Waals surface area contributed by atoms with E-state index in [2.05, 4.69) is 42.6 Å². The van der Waals surface area contributed by atoms with Crippen LogP contribution in [-0.4, -0.2) is 37.8 Å². The first-order valence-electron chi connectivity index (χ1n) is 8.87. The third-order valence-electron chi connectivity index (χ3n) is 4.94. The average Bonchev–Trinajstić information content (AvgIpc) is 3.11. The van der Waals surface area contributed by atoms with E-state index in [-0.39, 0.29) is 5.56 Å². The third kappa shape index (κ3) is 2.90. The van der Waals surface area contributed by atoms with Gasteiger partial charge in [-0.15, -0.1) is 0 Å². The van der Waals surface area contributed by atoms with Crippen molar-refractivity contribution in [2.24, 2.45) is 0 Å². The molecule has 0 radical (unpaired) electrons. The number of pyridine rings is 1. The van der Waals surface area contributed by atoms with Crippen molar-refractivity contribution in [3.8, 4) is 0 Å². The largest absolute Gasteiger partial charge is 0.355 e. The lowest BCUT2D eigenvalue weighted by Crippen LogP contribution is -2.34. The normalized spacial score (nSPS) is 15.8. The van der Waals surface area contributed by atoms with Crippen LogP contribution in [0, 0.1) is 0 Å². The predicted octanol–water partition coefficient (Wildman–Crippen LogP) is 2.31. The lowest BCUT2D eigenvalue weighted by atomic mass is 9.93. The Morgan fingerprint density at radius 3 is 2.84 bits per heavy atom. The number of nitrogens with zero attached hydrogens (tertiary/aromatic N) is 5. The topological polar surface area (TPSA) is 79.7 Å². The van der Waals surface area contributed by atoms with Gasteiger partial charge < -0.3 is 9.88 Å². The summed E-state index contributed by atoms with van der Waals surface area (Å²) in [4.78, 5) is 25.7. The molecule has 4 heterocycles. The number of H-pyrrole nitrogens is 1. The molecule has 4 rings (SSSR count). The molecule has 1 saturated heterocycles. The van der Waals surface area contributed by atoms with Crippen molar-refractivity contribution in [3.05, 3.63) is 46.9 Å². The van der Waals surface area contributed by atoms with E-state index in [4.69, 9.17) is 0 Å². The second-order valence-corrected chi connectivity index (χ2v) is 6.50. The van der Waals surface area contributed by atoms with Gasteiger partial charge in [-0.05, 0) is 31.4 Å². The highest BCUT2D eigenvalue weighted by atomic mass is 16.1. The van der Waals surface area contributed by atoms with Crippen LogP contribution in [0.25, 0.3) is 10.9 Å². The van der Waals surface area contributed by atoms with E-state index in [0.29, 0.717) is 16.8 Å². The summed E-state index contributed by atoms with van der Waals surface area (Å²) in [6.07, 6.45) is 8.24. The van der Waals surface area contributed by atoms with E-state index in [1.807, 2.05) is 6.20 Å². The summed E-state index contributed by atoms with van der Waals surface area (Å²) >= 11 is 0. The number of hydrogen-bond acceptors (Lipinski definition) is 5. The molecule has 0 aliphatic carbocycles. The molecular formula is C18H22N6O. The molecule has 3 aromatic rings. The number of aryl methyl sites for hydroxylation is 1. The van der Waals surface area contributed by atoms with E-state index in [1.54, 1.807) is 12.3 Å². The average molecular weight is 338 g/mol. The second kappa shape index (κ2) is 6.66. The Morgan fingerprint density at radius 2 is 2.04 bits per heavy atom. The second-order valence-electron chi connectivity index (χ2n) is 6.50. The molecule has 1 N–H and O–H groups in total. The molecular weight excluding hydrogens is 316 g/mol. The number of aromatic amines is 1. The Hall–Kier alpha value is -2.70. The summed E-state index contributed by atoms with van der Waals surface area (Å²) in [7, 11) is 0. The Bertz CT molecular complexity index is 922. The molecule has 0 amide bonds. The van der Waals surface area contributed by atoms with Crippen LogP contribution in [0.5, 0.6) is 0 Å². The lowest BCUT2D eigenvalue weighted by Gasteiger charge is -2.33. The maximum atomic E-state index is 12.0. The Morgan fingerprint density at radius 1 is 1.20 bits per heavy atom. The highest BCUT2D eigenvalue weighted by molar-refractivity contribution is 5.87. The van der Waals surface area contributed by atoms with Gasteiger partial charge in [0, 0.05) is 43.6 Å². The number of nitrogens with one attached hydrogen (secondary N) is 1. The van der Waals surface area contributed by atoms with Crippen molar-refractivity contribution in [2.75, 3.05) is 18.0 Å². The summed E-state index contributed by atoms with van der Waals surface area (Å²) in [5.74, 6) is 1.33. The molecule has 1 fully saturated rings. The molecule has 0 aromatic carbocycles. The maximum absolute atomic E-state index is 12.0. The van der Waals surface area contributed by atoms with Crippen LogP contribution in [0.3, 0.4) is 0 Å². The third-order valence-corrected chi connectivity index (χ3v) is 4.94. The van der Waals surface area contributed by atoms with E-state index < -0.39 is 0 Å². The van der Waals surface area contributed by atoms with Gasteiger partial charge in [0.25, 0.3) is 5.56 Å². The number of rotatable bonds is 4. The molecule has 1 aliphatic heterocycles. The van der Waals surface area contributed by atoms with E-state index in [0.717, 1.165) is 44.7 Å². The number of fused-ring (bicyclic) bond motifs is 1. The molecule has 3 aromatic heterocycles. The molecule has 7 heteroatoms. The fraction of sp³-hybridized carbons (Fsp3) is 0.444. The zero-order valence-electron chi connectivity index (χ0n) is 14.4. The van der Waals surface area contributed by atoms with Gasteiger partial charge in [-0.2, -0.15) is 5.10 Å². The van der Waals surface area contributed by atoms with Crippen LogP contribution in [0.4, 0.5) is 5.82 Å². The minimum Gasteiger partial charge on any atom is -0.355 e. The first-order chi connectivity index (χ1) is 12.3. The SMILES string of the molecule is CCCn1nccc1C1CCN(c2nccc3c(=O)[nH]cnc23)CC1.